The van der Waals surface area contributed by atoms with E-state index in [2.05, 4.69) is 9.97 Å². The number of nitrogens with two attached hydrogens (primary N) is 2. The predicted molar refractivity (Wildman–Crippen MR) is 87.8 cm³/mol. The highest BCUT2D eigenvalue weighted by atomic mass is 16.5. The molecule has 0 radical (unpaired) electrons. The average molecular weight is 316 g/mol. The van der Waals surface area contributed by atoms with Crippen LogP contribution in [-0.4, -0.2) is 23.4 Å². The van der Waals surface area contributed by atoms with Gasteiger partial charge in [0.15, 0.2) is 11.6 Å². The predicted octanol–water partition coefficient (Wildman–Crippen LogP) is 2.31. The van der Waals surface area contributed by atoms with E-state index < -0.39 is 0 Å². The summed E-state index contributed by atoms with van der Waals surface area (Å²) >= 11 is 0. The third-order valence-corrected chi connectivity index (χ3v) is 3.36. The zero-order valence-electron chi connectivity index (χ0n) is 13.4. The minimum absolute atomic E-state index is 0.0790. The number of carbonyl (C=O) groups is 1. The average Bonchev–Trinajstić information content (AvgIpc) is 2.50. The number of rotatable bonds is 6. The molecule has 0 bridgehead atoms. The van der Waals surface area contributed by atoms with Crippen LogP contribution in [0.25, 0.3) is 0 Å². The van der Waals surface area contributed by atoms with Crippen LogP contribution in [0.3, 0.4) is 0 Å². The van der Waals surface area contributed by atoms with Gasteiger partial charge in [0.05, 0.1) is 13.3 Å². The Hall–Kier alpha value is -2.83. The summed E-state index contributed by atoms with van der Waals surface area (Å²) in [7, 11) is 1.57. The van der Waals surface area contributed by atoms with E-state index in [0.717, 1.165) is 17.4 Å². The Labute approximate surface area is 134 Å². The van der Waals surface area contributed by atoms with E-state index in [-0.39, 0.29) is 24.1 Å². The molecule has 1 heterocycles. The lowest BCUT2D eigenvalue weighted by Gasteiger charge is -2.18. The molecule has 7 heteroatoms. The number of hydrogen-bond acceptors (Lipinski definition) is 7. The van der Waals surface area contributed by atoms with E-state index in [1.807, 2.05) is 19.9 Å². The summed E-state index contributed by atoms with van der Waals surface area (Å²) < 4.78 is 11.2. The van der Waals surface area contributed by atoms with Crippen LogP contribution in [0.15, 0.2) is 18.3 Å². The minimum Gasteiger partial charge on any atom is -0.496 e. The molecule has 4 N–H and O–H groups in total. The number of ether oxygens (including phenoxy) is 2. The molecule has 23 heavy (non-hydrogen) atoms. The fourth-order valence-electron chi connectivity index (χ4n) is 2.19. The van der Waals surface area contributed by atoms with Crippen LogP contribution in [-0.2, 0) is 11.2 Å². The van der Waals surface area contributed by atoms with Crippen molar-refractivity contribution in [1.82, 2.24) is 9.97 Å². The molecule has 0 spiro atoms. The van der Waals surface area contributed by atoms with Gasteiger partial charge in [-0.2, -0.15) is 4.98 Å². The number of methoxy groups -OCH3 is 1. The van der Waals surface area contributed by atoms with Crippen molar-refractivity contribution in [3.8, 4) is 17.2 Å². The highest BCUT2D eigenvalue weighted by Gasteiger charge is 2.16. The van der Waals surface area contributed by atoms with Crippen molar-refractivity contribution in [2.75, 3.05) is 18.6 Å². The van der Waals surface area contributed by atoms with Gasteiger partial charge in [-0.25, -0.2) is 4.98 Å². The quantitative estimate of drug-likeness (QED) is 0.786. The molecule has 0 amide bonds. The van der Waals surface area contributed by atoms with Gasteiger partial charge in [-0.1, -0.05) is 13.8 Å². The van der Waals surface area contributed by atoms with E-state index in [9.17, 15) is 4.79 Å². The molecule has 7 nitrogen and oxygen atoms in total. The second-order valence-electron chi connectivity index (χ2n) is 5.31. The number of anilines is 2. The number of hydrogen-bond donors (Lipinski definition) is 2. The van der Waals surface area contributed by atoms with Crippen molar-refractivity contribution in [2.24, 2.45) is 0 Å². The molecule has 1 aromatic carbocycles. The van der Waals surface area contributed by atoms with Crippen molar-refractivity contribution >= 4 is 18.1 Å². The molecule has 2 rings (SSSR count). The van der Waals surface area contributed by atoms with Gasteiger partial charge in [-0.05, 0) is 18.1 Å². The van der Waals surface area contributed by atoms with Crippen LogP contribution < -0.4 is 20.9 Å². The van der Waals surface area contributed by atoms with Crippen molar-refractivity contribution in [3.63, 3.8) is 0 Å². The first kappa shape index (κ1) is 16.5. The summed E-state index contributed by atoms with van der Waals surface area (Å²) in [5, 5.41) is 0. The Morgan fingerprint density at radius 2 is 1.96 bits per heavy atom. The van der Waals surface area contributed by atoms with Gasteiger partial charge in [0.1, 0.15) is 17.8 Å². The maximum Gasteiger partial charge on any atom is 0.222 e. The fraction of sp³-hybridized carbons (Fsp3) is 0.312. The van der Waals surface area contributed by atoms with E-state index in [0.29, 0.717) is 17.2 Å². The van der Waals surface area contributed by atoms with Crippen molar-refractivity contribution in [2.45, 2.75) is 26.2 Å². The molecular formula is C16H20N4O3. The van der Waals surface area contributed by atoms with Crippen LogP contribution in [0.2, 0.25) is 0 Å². The van der Waals surface area contributed by atoms with Crippen LogP contribution in [0.4, 0.5) is 11.8 Å². The van der Waals surface area contributed by atoms with Gasteiger partial charge >= 0.3 is 0 Å². The van der Waals surface area contributed by atoms with Gasteiger partial charge in [0, 0.05) is 17.5 Å². The van der Waals surface area contributed by atoms with Crippen LogP contribution in [0, 0.1) is 0 Å². The molecular weight excluding hydrogens is 296 g/mol. The summed E-state index contributed by atoms with van der Waals surface area (Å²) in [5.41, 5.74) is 13.0. The molecule has 0 atom stereocenters. The molecule has 122 valence electrons. The summed E-state index contributed by atoms with van der Waals surface area (Å²) in [6, 6.07) is 3.64. The highest BCUT2D eigenvalue weighted by molar-refractivity contribution is 5.61. The van der Waals surface area contributed by atoms with Gasteiger partial charge in [-0.3, -0.25) is 0 Å². The van der Waals surface area contributed by atoms with Gasteiger partial charge < -0.3 is 25.7 Å². The first-order valence-electron chi connectivity index (χ1n) is 7.16. The Balaban J connectivity index is 2.50. The first-order valence-corrected chi connectivity index (χ1v) is 7.16. The van der Waals surface area contributed by atoms with Crippen molar-refractivity contribution < 1.29 is 14.3 Å². The van der Waals surface area contributed by atoms with E-state index >= 15 is 0 Å². The maximum absolute atomic E-state index is 10.9. The summed E-state index contributed by atoms with van der Waals surface area (Å²) in [4.78, 5) is 18.6. The minimum atomic E-state index is 0.0790. The number of nitrogens with zero attached hydrogens (tertiary/aromatic N) is 2. The normalized spacial score (nSPS) is 10.6. The Morgan fingerprint density at radius 1 is 1.22 bits per heavy atom. The molecule has 0 aliphatic rings. The maximum atomic E-state index is 10.9. The largest absolute Gasteiger partial charge is 0.496 e. The second kappa shape index (κ2) is 6.95. The molecule has 0 aliphatic carbocycles. The lowest BCUT2D eigenvalue weighted by atomic mass is 9.98. The van der Waals surface area contributed by atoms with E-state index in [1.165, 1.54) is 6.20 Å². The molecule has 2 aromatic rings. The van der Waals surface area contributed by atoms with E-state index in [1.54, 1.807) is 13.2 Å². The topological polar surface area (TPSA) is 113 Å². The third kappa shape index (κ3) is 3.68. The standard InChI is InChI=1S/C16H20N4O3/c1-9(2)11-7-12(22-3)10(4-5-21)6-13(11)23-14-8-19-16(18)20-15(14)17/h5-9H,4H2,1-3H3,(H4,17,18,19,20). The van der Waals surface area contributed by atoms with Crippen LogP contribution in [0.1, 0.15) is 30.9 Å². The lowest BCUT2D eigenvalue weighted by Crippen LogP contribution is -2.04. The molecule has 0 saturated carbocycles. The summed E-state index contributed by atoms with van der Waals surface area (Å²) in [6.45, 7) is 4.06. The lowest BCUT2D eigenvalue weighted by molar-refractivity contribution is -0.107. The summed E-state index contributed by atoms with van der Waals surface area (Å²) in [6.07, 6.45) is 2.47. The van der Waals surface area contributed by atoms with Gasteiger partial charge in [-0.15, -0.1) is 0 Å². The molecule has 0 aliphatic heterocycles. The number of aromatic nitrogens is 2. The van der Waals surface area contributed by atoms with Crippen LogP contribution >= 0.6 is 0 Å². The van der Waals surface area contributed by atoms with Gasteiger partial charge in [0.2, 0.25) is 5.95 Å². The first-order chi connectivity index (χ1) is 11.0. The molecule has 0 saturated heterocycles. The Bertz CT molecular complexity index is 717. The van der Waals surface area contributed by atoms with Crippen molar-refractivity contribution in [1.29, 1.82) is 0 Å². The number of benzene rings is 1. The highest BCUT2D eigenvalue weighted by Crippen LogP contribution is 2.37. The summed E-state index contributed by atoms with van der Waals surface area (Å²) in [5.74, 6) is 1.95. The third-order valence-electron chi connectivity index (χ3n) is 3.36. The molecule has 0 unspecified atom stereocenters. The molecule has 1 aromatic heterocycles. The zero-order chi connectivity index (χ0) is 17.0. The number of carbonyl (C=O) groups excluding carboxylic acids is 1. The van der Waals surface area contributed by atoms with Crippen molar-refractivity contribution in [3.05, 3.63) is 29.5 Å². The van der Waals surface area contributed by atoms with Crippen LogP contribution in [0.5, 0.6) is 17.2 Å². The smallest absolute Gasteiger partial charge is 0.222 e. The van der Waals surface area contributed by atoms with Gasteiger partial charge in [0.25, 0.3) is 0 Å². The van der Waals surface area contributed by atoms with E-state index in [4.69, 9.17) is 20.9 Å². The monoisotopic (exact) mass is 316 g/mol. The Kier molecular flexibility index (Phi) is 5.00. The fourth-order valence-corrected chi connectivity index (χ4v) is 2.19. The SMILES string of the molecule is COc1cc(C(C)C)c(Oc2cnc(N)nc2N)cc1CC=O. The number of nitrogen functional groups attached to an aromatic ring is 2. The second-order valence-corrected chi connectivity index (χ2v) is 5.31. The zero-order valence-corrected chi connectivity index (χ0v) is 13.4. The Morgan fingerprint density at radius 3 is 2.52 bits per heavy atom. The number of aldehydes is 1. The molecule has 0 fully saturated rings.